The molecule has 0 aromatic rings. The maximum atomic E-state index is 9.08. The van der Waals surface area contributed by atoms with E-state index in [9.17, 15) is 0 Å². The number of methoxy groups -OCH3 is 3. The fourth-order valence-electron chi connectivity index (χ4n) is 3.93. The molecule has 0 saturated carbocycles. The first-order chi connectivity index (χ1) is 14.0. The van der Waals surface area contributed by atoms with Gasteiger partial charge in [0.25, 0.3) is 0 Å². The number of hydrogen-bond acceptors (Lipinski definition) is 10. The molecule has 0 aromatic carbocycles. The van der Waals surface area contributed by atoms with Crippen molar-refractivity contribution in [3.8, 4) is 0 Å². The summed E-state index contributed by atoms with van der Waals surface area (Å²) in [5, 5.41) is 9.08. The highest BCUT2D eigenvalue weighted by atomic mass is 16.8. The minimum absolute atomic E-state index is 0.0000463. The lowest BCUT2D eigenvalue weighted by Gasteiger charge is -2.22. The van der Waals surface area contributed by atoms with Crippen LogP contribution in [0.4, 0.5) is 0 Å². The quantitative estimate of drug-likeness (QED) is 0.687. The van der Waals surface area contributed by atoms with E-state index >= 15 is 0 Å². The Labute approximate surface area is 178 Å². The maximum Gasteiger partial charge on any atom is 0.186 e. The summed E-state index contributed by atoms with van der Waals surface area (Å²) in [5.41, 5.74) is 0. The van der Waals surface area contributed by atoms with Crippen LogP contribution in [0.5, 0.6) is 0 Å². The first kappa shape index (κ1) is 25.9. The van der Waals surface area contributed by atoms with Crippen molar-refractivity contribution in [2.24, 2.45) is 0 Å². The lowest BCUT2D eigenvalue weighted by Crippen LogP contribution is -2.31. The fraction of sp³-hybridized carbons (Fsp3) is 1.00. The average Bonchev–Trinajstić information content (AvgIpc) is 3.34. The standard InChI is InChI=1S/C9H16O5.C9H16O4.C2H6O/c1-9(2)13-6-5(4-10)12-8(11-3)7(6)14-9;1-5-6-7(8(10-4)11-5)13-9(2,3)12-6;1-3-2/h5-8,10H,4H2,1-3H3;5-8H,1-4H3;1-2H3/t2*5-,6-,7-,8-;/m11./s1. The number of ether oxygens (including phenoxy) is 9. The summed E-state index contributed by atoms with van der Waals surface area (Å²) >= 11 is 0. The van der Waals surface area contributed by atoms with Crippen LogP contribution in [0.25, 0.3) is 0 Å². The Morgan fingerprint density at radius 3 is 1.57 bits per heavy atom. The molecule has 10 heteroatoms. The molecular formula is C20H38O10. The number of hydrogen-bond donors (Lipinski definition) is 1. The Hall–Kier alpha value is -0.400. The highest BCUT2D eigenvalue weighted by molar-refractivity contribution is 4.95. The Bertz CT molecular complexity index is 508. The Kier molecular flexibility index (Phi) is 9.03. The first-order valence-corrected chi connectivity index (χ1v) is 10.1. The summed E-state index contributed by atoms with van der Waals surface area (Å²) in [4.78, 5) is 0. The first-order valence-electron chi connectivity index (χ1n) is 10.1. The van der Waals surface area contributed by atoms with Crippen molar-refractivity contribution < 1.29 is 47.7 Å². The second-order valence-corrected chi connectivity index (χ2v) is 8.44. The van der Waals surface area contributed by atoms with E-state index in [1.54, 1.807) is 28.4 Å². The summed E-state index contributed by atoms with van der Waals surface area (Å²) in [6.45, 7) is 9.39. The van der Waals surface area contributed by atoms with Gasteiger partial charge in [-0.3, -0.25) is 0 Å². The molecule has 0 amide bonds. The third kappa shape index (κ3) is 5.89. The third-order valence-electron chi connectivity index (χ3n) is 5.00. The van der Waals surface area contributed by atoms with Crippen molar-refractivity contribution in [2.45, 2.75) is 95.4 Å². The SMILES string of the molecule is COC.CO[C@@H]1O[C@H](C)[C@H]2OC(C)(C)O[C@@H]12.CO[C@@H]1O[C@H](CO)[C@H]2OC(C)(C)O[C@@H]12. The molecule has 0 spiro atoms. The van der Waals surface area contributed by atoms with Crippen LogP contribution < -0.4 is 0 Å². The lowest BCUT2D eigenvalue weighted by atomic mass is 10.1. The van der Waals surface area contributed by atoms with E-state index in [0.29, 0.717) is 0 Å². The smallest absolute Gasteiger partial charge is 0.186 e. The molecule has 4 saturated heterocycles. The molecular weight excluding hydrogens is 400 g/mol. The maximum absolute atomic E-state index is 9.08. The number of rotatable bonds is 3. The van der Waals surface area contributed by atoms with Crippen LogP contribution >= 0.6 is 0 Å². The van der Waals surface area contributed by atoms with Gasteiger partial charge in [-0.05, 0) is 34.6 Å². The largest absolute Gasteiger partial charge is 0.394 e. The summed E-state index contributed by atoms with van der Waals surface area (Å²) in [6.07, 6.45) is -1.62. The van der Waals surface area contributed by atoms with Gasteiger partial charge in [-0.25, -0.2) is 0 Å². The minimum Gasteiger partial charge on any atom is -0.394 e. The zero-order valence-corrected chi connectivity index (χ0v) is 19.4. The Balaban J connectivity index is 0.000000190. The van der Waals surface area contributed by atoms with Gasteiger partial charge in [-0.1, -0.05) is 0 Å². The van der Waals surface area contributed by atoms with Crippen molar-refractivity contribution in [1.29, 1.82) is 0 Å². The predicted molar refractivity (Wildman–Crippen MR) is 105 cm³/mol. The predicted octanol–water partition coefficient (Wildman–Crippen LogP) is 1.03. The van der Waals surface area contributed by atoms with E-state index in [-0.39, 0.29) is 49.5 Å². The van der Waals surface area contributed by atoms with Gasteiger partial charge in [-0.2, -0.15) is 0 Å². The normalized spacial score (nSPS) is 42.6. The Morgan fingerprint density at radius 1 is 0.700 bits per heavy atom. The molecule has 0 unspecified atom stereocenters. The van der Waals surface area contributed by atoms with Crippen molar-refractivity contribution >= 4 is 0 Å². The zero-order valence-electron chi connectivity index (χ0n) is 19.4. The van der Waals surface area contributed by atoms with Gasteiger partial charge in [0.15, 0.2) is 24.2 Å². The summed E-state index contributed by atoms with van der Waals surface area (Å²) < 4.78 is 48.0. The summed E-state index contributed by atoms with van der Waals surface area (Å²) in [5.74, 6) is -1.13. The van der Waals surface area contributed by atoms with Crippen LogP contribution in [0, 0.1) is 0 Å². The van der Waals surface area contributed by atoms with Crippen molar-refractivity contribution in [1.82, 2.24) is 0 Å². The van der Waals surface area contributed by atoms with Gasteiger partial charge < -0.3 is 47.7 Å². The molecule has 4 aliphatic heterocycles. The molecule has 178 valence electrons. The number of aliphatic hydroxyl groups excluding tert-OH is 1. The lowest BCUT2D eigenvalue weighted by molar-refractivity contribution is -0.230. The van der Waals surface area contributed by atoms with Crippen LogP contribution in [0.1, 0.15) is 34.6 Å². The van der Waals surface area contributed by atoms with Gasteiger partial charge in [0.05, 0.1) is 12.7 Å². The van der Waals surface area contributed by atoms with Gasteiger partial charge in [0.1, 0.15) is 30.5 Å². The van der Waals surface area contributed by atoms with Crippen molar-refractivity contribution in [3.63, 3.8) is 0 Å². The molecule has 30 heavy (non-hydrogen) atoms. The van der Waals surface area contributed by atoms with E-state index in [4.69, 9.17) is 43.0 Å². The van der Waals surface area contributed by atoms with Crippen molar-refractivity contribution in [2.75, 3.05) is 35.0 Å². The molecule has 0 bridgehead atoms. The molecule has 10 nitrogen and oxygen atoms in total. The fourth-order valence-corrected chi connectivity index (χ4v) is 3.93. The van der Waals surface area contributed by atoms with Crippen LogP contribution in [0.15, 0.2) is 0 Å². The van der Waals surface area contributed by atoms with Gasteiger partial charge in [0, 0.05) is 28.4 Å². The highest BCUT2D eigenvalue weighted by Gasteiger charge is 2.55. The van der Waals surface area contributed by atoms with E-state index in [2.05, 4.69) is 4.74 Å². The monoisotopic (exact) mass is 438 g/mol. The van der Waals surface area contributed by atoms with Crippen LogP contribution in [0.3, 0.4) is 0 Å². The third-order valence-corrected chi connectivity index (χ3v) is 5.00. The second-order valence-electron chi connectivity index (χ2n) is 8.44. The molecule has 4 heterocycles. The van der Waals surface area contributed by atoms with Gasteiger partial charge >= 0.3 is 0 Å². The van der Waals surface area contributed by atoms with E-state index in [0.717, 1.165) is 0 Å². The molecule has 4 rings (SSSR count). The van der Waals surface area contributed by atoms with Crippen LogP contribution in [-0.2, 0) is 42.6 Å². The molecule has 0 radical (unpaired) electrons. The highest BCUT2D eigenvalue weighted by Crippen LogP contribution is 2.39. The average molecular weight is 439 g/mol. The molecule has 4 aliphatic rings. The van der Waals surface area contributed by atoms with E-state index in [1.165, 1.54) is 0 Å². The van der Waals surface area contributed by atoms with Crippen LogP contribution in [0.2, 0.25) is 0 Å². The molecule has 4 fully saturated rings. The van der Waals surface area contributed by atoms with Gasteiger partial charge in [-0.15, -0.1) is 0 Å². The number of fused-ring (bicyclic) bond motifs is 2. The molecule has 0 aliphatic carbocycles. The summed E-state index contributed by atoms with van der Waals surface area (Å²) in [7, 11) is 6.42. The molecule has 8 atom stereocenters. The second kappa shape index (κ2) is 10.5. The minimum atomic E-state index is -0.622. The van der Waals surface area contributed by atoms with Gasteiger partial charge in [0.2, 0.25) is 0 Å². The van der Waals surface area contributed by atoms with Crippen LogP contribution in [-0.4, -0.2) is 101 Å². The Morgan fingerprint density at radius 2 is 1.10 bits per heavy atom. The topological polar surface area (TPSA) is 103 Å². The summed E-state index contributed by atoms with van der Waals surface area (Å²) in [6, 6.07) is 0. The van der Waals surface area contributed by atoms with E-state index in [1.807, 2.05) is 34.6 Å². The number of aliphatic hydroxyl groups is 1. The van der Waals surface area contributed by atoms with E-state index < -0.39 is 17.9 Å². The zero-order chi connectivity index (χ0) is 22.7. The molecule has 1 N–H and O–H groups in total. The molecule has 0 aromatic heterocycles. The van der Waals surface area contributed by atoms with Crippen molar-refractivity contribution in [3.05, 3.63) is 0 Å².